The van der Waals surface area contributed by atoms with Crippen molar-refractivity contribution in [3.05, 3.63) is 34.9 Å². The maximum atomic E-state index is 12.0. The lowest BCUT2D eigenvalue weighted by Crippen LogP contribution is -2.35. The highest BCUT2D eigenvalue weighted by Gasteiger charge is 2.42. The van der Waals surface area contributed by atoms with E-state index in [9.17, 15) is 14.7 Å². The molecule has 4 heteroatoms. The van der Waals surface area contributed by atoms with Gasteiger partial charge in [0.05, 0.1) is 12.6 Å². The van der Waals surface area contributed by atoms with Crippen LogP contribution in [-0.2, 0) is 9.59 Å². The van der Waals surface area contributed by atoms with Crippen LogP contribution in [0.5, 0.6) is 0 Å². The number of imide groups is 1. The zero-order chi connectivity index (χ0) is 15.0. The number of rotatable bonds is 3. The number of carbonyl (C=O) groups excluding carboxylic acids is 2. The molecule has 108 valence electrons. The third kappa shape index (κ3) is 2.48. The Morgan fingerprint density at radius 2 is 1.70 bits per heavy atom. The Morgan fingerprint density at radius 3 is 2.20 bits per heavy atom. The SMILES string of the molecule is Cc1ccc(C(O)CN2C(=O)C(C)C(C)C2=O)c(C)c1. The molecule has 0 bridgehead atoms. The minimum atomic E-state index is -0.832. The number of likely N-dealkylation sites (tertiary alicyclic amines) is 1. The second kappa shape index (κ2) is 5.37. The van der Waals surface area contributed by atoms with Gasteiger partial charge in [0, 0.05) is 11.8 Å². The second-order valence-electron chi connectivity index (χ2n) is 5.74. The molecule has 0 aromatic heterocycles. The van der Waals surface area contributed by atoms with Gasteiger partial charge in [-0.05, 0) is 25.0 Å². The number of β-amino-alcohol motifs (C(OH)–C–C–N with tert-alkyl or cyclic N) is 1. The van der Waals surface area contributed by atoms with Crippen molar-refractivity contribution in [1.82, 2.24) is 4.90 Å². The van der Waals surface area contributed by atoms with Crippen LogP contribution in [0.1, 0.15) is 36.6 Å². The van der Waals surface area contributed by atoms with E-state index in [2.05, 4.69) is 0 Å². The molecule has 1 N–H and O–H groups in total. The van der Waals surface area contributed by atoms with Crippen LogP contribution >= 0.6 is 0 Å². The summed E-state index contributed by atoms with van der Waals surface area (Å²) in [6, 6.07) is 5.76. The first kappa shape index (κ1) is 14.7. The molecule has 0 radical (unpaired) electrons. The smallest absolute Gasteiger partial charge is 0.232 e. The summed E-state index contributed by atoms with van der Waals surface area (Å²) in [5.74, 6) is -0.972. The van der Waals surface area contributed by atoms with Crippen molar-refractivity contribution >= 4 is 11.8 Å². The van der Waals surface area contributed by atoms with E-state index in [1.165, 1.54) is 4.90 Å². The van der Waals surface area contributed by atoms with E-state index in [4.69, 9.17) is 0 Å². The van der Waals surface area contributed by atoms with Gasteiger partial charge in [-0.1, -0.05) is 37.6 Å². The number of aryl methyl sites for hydroxylation is 2. The van der Waals surface area contributed by atoms with Crippen LogP contribution in [0.4, 0.5) is 0 Å². The summed E-state index contributed by atoms with van der Waals surface area (Å²) in [6.07, 6.45) is -0.832. The minimum Gasteiger partial charge on any atom is -0.387 e. The highest BCUT2D eigenvalue weighted by molar-refractivity contribution is 6.04. The van der Waals surface area contributed by atoms with E-state index in [0.29, 0.717) is 0 Å². The van der Waals surface area contributed by atoms with Crippen LogP contribution in [0.25, 0.3) is 0 Å². The van der Waals surface area contributed by atoms with Crippen molar-refractivity contribution in [1.29, 1.82) is 0 Å². The molecule has 3 atom stereocenters. The van der Waals surface area contributed by atoms with Crippen molar-refractivity contribution < 1.29 is 14.7 Å². The number of aliphatic hydroxyl groups excluding tert-OH is 1. The summed E-state index contributed by atoms with van der Waals surface area (Å²) in [4.78, 5) is 25.2. The number of hydrogen-bond donors (Lipinski definition) is 1. The first-order valence-electron chi connectivity index (χ1n) is 6.93. The third-order valence-electron chi connectivity index (χ3n) is 4.20. The zero-order valence-corrected chi connectivity index (χ0v) is 12.4. The Hall–Kier alpha value is -1.68. The summed E-state index contributed by atoms with van der Waals surface area (Å²) < 4.78 is 0. The van der Waals surface area contributed by atoms with Crippen LogP contribution in [-0.4, -0.2) is 28.4 Å². The lowest BCUT2D eigenvalue weighted by molar-refractivity contribution is -0.141. The van der Waals surface area contributed by atoms with E-state index >= 15 is 0 Å². The fourth-order valence-electron chi connectivity index (χ4n) is 2.68. The van der Waals surface area contributed by atoms with Gasteiger partial charge < -0.3 is 5.11 Å². The molecule has 1 aromatic rings. The summed E-state index contributed by atoms with van der Waals surface area (Å²) in [7, 11) is 0. The average molecular weight is 275 g/mol. The maximum Gasteiger partial charge on any atom is 0.232 e. The van der Waals surface area contributed by atoms with Gasteiger partial charge in [0.15, 0.2) is 0 Å². The third-order valence-corrected chi connectivity index (χ3v) is 4.20. The Morgan fingerprint density at radius 1 is 1.15 bits per heavy atom. The van der Waals surface area contributed by atoms with Crippen LogP contribution in [0, 0.1) is 25.7 Å². The molecule has 1 heterocycles. The molecule has 0 aliphatic carbocycles. The zero-order valence-electron chi connectivity index (χ0n) is 12.4. The number of aliphatic hydroxyl groups is 1. The number of nitrogens with zero attached hydrogens (tertiary/aromatic N) is 1. The molecule has 1 aromatic carbocycles. The summed E-state index contributed by atoms with van der Waals surface area (Å²) >= 11 is 0. The first-order chi connectivity index (χ1) is 9.32. The normalized spacial score (nSPS) is 24.4. The molecular formula is C16H21NO3. The molecule has 1 saturated heterocycles. The number of benzene rings is 1. The van der Waals surface area contributed by atoms with Crippen LogP contribution in [0.15, 0.2) is 18.2 Å². The van der Waals surface area contributed by atoms with Gasteiger partial charge in [-0.15, -0.1) is 0 Å². The van der Waals surface area contributed by atoms with Crippen molar-refractivity contribution in [2.45, 2.75) is 33.8 Å². The van der Waals surface area contributed by atoms with E-state index < -0.39 is 6.10 Å². The van der Waals surface area contributed by atoms with Crippen molar-refractivity contribution in [2.75, 3.05) is 6.54 Å². The molecule has 3 unspecified atom stereocenters. The van der Waals surface area contributed by atoms with E-state index in [0.717, 1.165) is 16.7 Å². The van der Waals surface area contributed by atoms with Gasteiger partial charge in [0.1, 0.15) is 0 Å². The lowest BCUT2D eigenvalue weighted by Gasteiger charge is -2.20. The molecule has 1 aliphatic heterocycles. The standard InChI is InChI=1S/C16H21NO3/c1-9-5-6-13(10(2)7-9)14(18)8-17-15(19)11(3)12(4)16(17)20/h5-7,11-12,14,18H,8H2,1-4H3. The Bertz CT molecular complexity index is 533. The fourth-order valence-corrected chi connectivity index (χ4v) is 2.68. The molecule has 1 fully saturated rings. The average Bonchev–Trinajstić information content (AvgIpc) is 2.56. The van der Waals surface area contributed by atoms with E-state index in [1.807, 2.05) is 32.0 Å². The monoisotopic (exact) mass is 275 g/mol. The Labute approximate surface area is 119 Å². The quantitative estimate of drug-likeness (QED) is 0.858. The largest absolute Gasteiger partial charge is 0.387 e. The summed E-state index contributed by atoms with van der Waals surface area (Å²) in [5, 5.41) is 10.3. The van der Waals surface area contributed by atoms with Gasteiger partial charge in [-0.2, -0.15) is 0 Å². The summed E-state index contributed by atoms with van der Waals surface area (Å²) in [5.41, 5.74) is 2.86. The van der Waals surface area contributed by atoms with Crippen LogP contribution in [0.2, 0.25) is 0 Å². The lowest BCUT2D eigenvalue weighted by atomic mass is 10.00. The highest BCUT2D eigenvalue weighted by atomic mass is 16.3. The molecule has 2 amide bonds. The van der Waals surface area contributed by atoms with Crippen molar-refractivity contribution in [3.63, 3.8) is 0 Å². The predicted octanol–water partition coefficient (Wildman–Crippen LogP) is 1.98. The van der Waals surface area contributed by atoms with Crippen molar-refractivity contribution in [3.8, 4) is 0 Å². The topological polar surface area (TPSA) is 57.6 Å². The van der Waals surface area contributed by atoms with Gasteiger partial charge in [-0.25, -0.2) is 0 Å². The highest BCUT2D eigenvalue weighted by Crippen LogP contribution is 2.28. The van der Waals surface area contributed by atoms with Gasteiger partial charge in [0.25, 0.3) is 0 Å². The van der Waals surface area contributed by atoms with Crippen LogP contribution in [0.3, 0.4) is 0 Å². The number of carbonyl (C=O) groups is 2. The molecule has 0 saturated carbocycles. The van der Waals surface area contributed by atoms with E-state index in [1.54, 1.807) is 13.8 Å². The van der Waals surface area contributed by atoms with Crippen LogP contribution < -0.4 is 0 Å². The molecule has 2 rings (SSSR count). The molecule has 1 aliphatic rings. The molecular weight excluding hydrogens is 254 g/mol. The number of amides is 2. The molecule has 20 heavy (non-hydrogen) atoms. The second-order valence-corrected chi connectivity index (χ2v) is 5.74. The van der Waals surface area contributed by atoms with Gasteiger partial charge >= 0.3 is 0 Å². The molecule has 0 spiro atoms. The fraction of sp³-hybridized carbons (Fsp3) is 0.500. The van der Waals surface area contributed by atoms with Gasteiger partial charge in [0.2, 0.25) is 11.8 Å². The van der Waals surface area contributed by atoms with Crippen molar-refractivity contribution in [2.24, 2.45) is 11.8 Å². The Kier molecular flexibility index (Phi) is 3.95. The molecule has 4 nitrogen and oxygen atoms in total. The number of hydrogen-bond acceptors (Lipinski definition) is 3. The first-order valence-corrected chi connectivity index (χ1v) is 6.93. The summed E-state index contributed by atoms with van der Waals surface area (Å²) in [6.45, 7) is 7.46. The minimum absolute atomic E-state index is 0.0379. The van der Waals surface area contributed by atoms with E-state index in [-0.39, 0.29) is 30.2 Å². The maximum absolute atomic E-state index is 12.0. The van der Waals surface area contributed by atoms with Gasteiger partial charge in [-0.3, -0.25) is 14.5 Å². The Balaban J connectivity index is 2.18. The predicted molar refractivity (Wildman–Crippen MR) is 75.9 cm³/mol.